The van der Waals surface area contributed by atoms with Gasteiger partial charge >= 0.3 is 0 Å². The Kier molecular flexibility index (Phi) is 3.79. The Balaban J connectivity index is 2.39. The van der Waals surface area contributed by atoms with Gasteiger partial charge in [0.2, 0.25) is 0 Å². The van der Waals surface area contributed by atoms with Crippen molar-refractivity contribution in [1.29, 1.82) is 0 Å². The van der Waals surface area contributed by atoms with E-state index < -0.39 is 0 Å². The molecule has 1 aliphatic rings. The molecule has 0 atom stereocenters. The quantitative estimate of drug-likeness (QED) is 0.628. The van der Waals surface area contributed by atoms with Crippen LogP contribution in [0, 0.1) is 0 Å². The van der Waals surface area contributed by atoms with Crippen molar-refractivity contribution < 1.29 is 0 Å². The third-order valence-electron chi connectivity index (χ3n) is 2.66. The molecule has 0 aromatic carbocycles. The third-order valence-corrected chi connectivity index (χ3v) is 3.15. The van der Waals surface area contributed by atoms with E-state index in [-0.39, 0.29) is 0 Å². The number of nitrogens with zero attached hydrogens (tertiary/aromatic N) is 1. The Morgan fingerprint density at radius 1 is 1.33 bits per heavy atom. The fourth-order valence-electron chi connectivity index (χ4n) is 1.81. The van der Waals surface area contributed by atoms with E-state index in [4.69, 9.17) is 12.2 Å². The van der Waals surface area contributed by atoms with Crippen LogP contribution in [0.1, 0.15) is 32.1 Å². The van der Waals surface area contributed by atoms with Crippen LogP contribution in [0.4, 0.5) is 0 Å². The summed E-state index contributed by atoms with van der Waals surface area (Å²) in [5.74, 6) is 0. The smallest absolute Gasteiger partial charge is 0.168 e. The van der Waals surface area contributed by atoms with Crippen LogP contribution >= 0.6 is 12.2 Å². The van der Waals surface area contributed by atoms with Gasteiger partial charge in [-0.1, -0.05) is 19.3 Å². The molecular weight excluding hydrogens is 168 g/mol. The molecule has 1 N–H and O–H groups in total. The van der Waals surface area contributed by atoms with Gasteiger partial charge < -0.3 is 10.2 Å². The Hall–Kier alpha value is -0.310. The molecular formula is C9H18N2S. The SMILES string of the molecule is CNC(=S)N(C)C1CCCCC1. The normalized spacial score (nSPS) is 18.8. The van der Waals surface area contributed by atoms with Crippen molar-refractivity contribution in [3.63, 3.8) is 0 Å². The molecule has 0 aromatic rings. The minimum Gasteiger partial charge on any atom is -0.366 e. The Morgan fingerprint density at radius 3 is 2.42 bits per heavy atom. The molecule has 0 unspecified atom stereocenters. The van der Waals surface area contributed by atoms with Gasteiger partial charge in [0.15, 0.2) is 5.11 Å². The number of thiocarbonyl (C=S) groups is 1. The molecule has 0 aliphatic heterocycles. The van der Waals surface area contributed by atoms with Gasteiger partial charge in [0.25, 0.3) is 0 Å². The lowest BCUT2D eigenvalue weighted by Gasteiger charge is -2.32. The monoisotopic (exact) mass is 186 g/mol. The second-order valence-electron chi connectivity index (χ2n) is 3.46. The highest BCUT2D eigenvalue weighted by Crippen LogP contribution is 2.21. The van der Waals surface area contributed by atoms with Crippen LogP contribution < -0.4 is 5.32 Å². The Morgan fingerprint density at radius 2 is 1.92 bits per heavy atom. The van der Waals surface area contributed by atoms with Crippen molar-refractivity contribution >= 4 is 17.3 Å². The molecule has 12 heavy (non-hydrogen) atoms. The topological polar surface area (TPSA) is 15.3 Å². The van der Waals surface area contributed by atoms with E-state index in [2.05, 4.69) is 17.3 Å². The van der Waals surface area contributed by atoms with E-state index in [0.717, 1.165) is 5.11 Å². The summed E-state index contributed by atoms with van der Waals surface area (Å²) in [4.78, 5) is 2.20. The molecule has 0 bridgehead atoms. The summed E-state index contributed by atoms with van der Waals surface area (Å²) in [6.45, 7) is 0. The average Bonchev–Trinajstić information content (AvgIpc) is 2.17. The van der Waals surface area contributed by atoms with Gasteiger partial charge in [-0.15, -0.1) is 0 Å². The highest BCUT2D eigenvalue weighted by Gasteiger charge is 2.18. The van der Waals surface area contributed by atoms with E-state index in [1.165, 1.54) is 32.1 Å². The van der Waals surface area contributed by atoms with Crippen LogP contribution in [0.2, 0.25) is 0 Å². The molecule has 1 saturated carbocycles. The van der Waals surface area contributed by atoms with Crippen molar-refractivity contribution in [2.24, 2.45) is 0 Å². The van der Waals surface area contributed by atoms with E-state index in [1.807, 2.05) is 7.05 Å². The van der Waals surface area contributed by atoms with Crippen molar-refractivity contribution in [3.05, 3.63) is 0 Å². The predicted molar refractivity (Wildman–Crippen MR) is 56.3 cm³/mol. The molecule has 0 radical (unpaired) electrons. The summed E-state index contributed by atoms with van der Waals surface area (Å²) in [5.41, 5.74) is 0. The molecule has 0 saturated heterocycles. The summed E-state index contributed by atoms with van der Waals surface area (Å²) in [6, 6.07) is 0.679. The lowest BCUT2D eigenvalue weighted by atomic mass is 9.95. The number of rotatable bonds is 1. The molecule has 1 aliphatic carbocycles. The largest absolute Gasteiger partial charge is 0.366 e. The molecule has 1 fully saturated rings. The van der Waals surface area contributed by atoms with Crippen LogP contribution in [0.3, 0.4) is 0 Å². The number of hydrogen-bond donors (Lipinski definition) is 1. The molecule has 3 heteroatoms. The predicted octanol–water partition coefficient (Wildman–Crippen LogP) is 1.76. The first-order valence-corrected chi connectivity index (χ1v) is 5.11. The first-order chi connectivity index (χ1) is 5.75. The zero-order valence-electron chi connectivity index (χ0n) is 7.97. The zero-order valence-corrected chi connectivity index (χ0v) is 8.78. The van der Waals surface area contributed by atoms with Crippen molar-refractivity contribution in [2.75, 3.05) is 14.1 Å². The first-order valence-electron chi connectivity index (χ1n) is 4.70. The third kappa shape index (κ3) is 2.34. The number of hydrogen-bond acceptors (Lipinski definition) is 1. The van der Waals surface area contributed by atoms with E-state index in [9.17, 15) is 0 Å². The molecule has 0 amide bonds. The first kappa shape index (κ1) is 9.78. The van der Waals surface area contributed by atoms with Crippen molar-refractivity contribution in [2.45, 2.75) is 38.1 Å². The van der Waals surface area contributed by atoms with Gasteiger partial charge in [0.1, 0.15) is 0 Å². The minimum atomic E-state index is 0.679. The van der Waals surface area contributed by atoms with Gasteiger partial charge in [-0.25, -0.2) is 0 Å². The van der Waals surface area contributed by atoms with Gasteiger partial charge in [-0.05, 0) is 25.1 Å². The molecule has 1 rings (SSSR count). The van der Waals surface area contributed by atoms with Gasteiger partial charge in [-0.2, -0.15) is 0 Å². The van der Waals surface area contributed by atoms with Gasteiger partial charge in [0.05, 0.1) is 0 Å². The zero-order chi connectivity index (χ0) is 8.97. The maximum absolute atomic E-state index is 5.17. The summed E-state index contributed by atoms with van der Waals surface area (Å²) in [7, 11) is 3.98. The molecule has 0 aromatic heterocycles. The highest BCUT2D eigenvalue weighted by molar-refractivity contribution is 7.80. The maximum atomic E-state index is 5.17. The van der Waals surface area contributed by atoms with Crippen molar-refractivity contribution in [3.8, 4) is 0 Å². The molecule has 70 valence electrons. The summed E-state index contributed by atoms with van der Waals surface area (Å²) >= 11 is 5.17. The summed E-state index contributed by atoms with van der Waals surface area (Å²) in [5, 5.41) is 3.90. The van der Waals surface area contributed by atoms with E-state index >= 15 is 0 Å². The maximum Gasteiger partial charge on any atom is 0.168 e. The highest BCUT2D eigenvalue weighted by atomic mass is 32.1. The minimum absolute atomic E-state index is 0.679. The fraction of sp³-hybridized carbons (Fsp3) is 0.889. The van der Waals surface area contributed by atoms with E-state index in [0.29, 0.717) is 6.04 Å². The Labute approximate surface area is 80.3 Å². The average molecular weight is 186 g/mol. The molecule has 0 heterocycles. The second-order valence-corrected chi connectivity index (χ2v) is 3.84. The summed E-state index contributed by atoms with van der Waals surface area (Å²) in [6.07, 6.45) is 6.73. The summed E-state index contributed by atoms with van der Waals surface area (Å²) < 4.78 is 0. The van der Waals surface area contributed by atoms with Gasteiger partial charge in [-0.3, -0.25) is 0 Å². The van der Waals surface area contributed by atoms with Crippen LogP contribution in [0.15, 0.2) is 0 Å². The fourth-order valence-corrected chi connectivity index (χ4v) is 1.96. The lowest BCUT2D eigenvalue weighted by Crippen LogP contribution is -2.42. The van der Waals surface area contributed by atoms with E-state index in [1.54, 1.807) is 0 Å². The van der Waals surface area contributed by atoms with Gasteiger partial charge in [0, 0.05) is 20.1 Å². The van der Waals surface area contributed by atoms with Crippen LogP contribution in [-0.4, -0.2) is 30.1 Å². The second kappa shape index (κ2) is 4.65. The van der Waals surface area contributed by atoms with Crippen LogP contribution in [-0.2, 0) is 0 Å². The standard InChI is InChI=1S/C9H18N2S/c1-10-9(12)11(2)8-6-4-3-5-7-8/h8H,3-7H2,1-2H3,(H,10,12). The van der Waals surface area contributed by atoms with Crippen LogP contribution in [0.5, 0.6) is 0 Å². The molecule has 2 nitrogen and oxygen atoms in total. The number of nitrogens with one attached hydrogen (secondary N) is 1. The molecule has 0 spiro atoms. The lowest BCUT2D eigenvalue weighted by molar-refractivity contribution is 0.277. The van der Waals surface area contributed by atoms with Crippen molar-refractivity contribution in [1.82, 2.24) is 10.2 Å². The Bertz CT molecular complexity index is 153. The van der Waals surface area contributed by atoms with Crippen LogP contribution in [0.25, 0.3) is 0 Å².